The van der Waals surface area contributed by atoms with E-state index in [0.717, 1.165) is 27.9 Å². The predicted octanol–water partition coefficient (Wildman–Crippen LogP) is 2.43. The fourth-order valence-electron chi connectivity index (χ4n) is 2.34. The van der Waals surface area contributed by atoms with Crippen molar-refractivity contribution in [2.75, 3.05) is 7.11 Å². The molecule has 3 rings (SSSR count). The minimum Gasteiger partial charge on any atom is -0.497 e. The number of rotatable bonds is 5. The average molecular weight is 295 g/mol. The Balaban J connectivity index is 1.62. The lowest BCUT2D eigenvalue weighted by Crippen LogP contribution is -2.24. The number of methoxy groups -OCH3 is 1. The number of aromatic nitrogens is 2. The molecule has 1 amide bonds. The van der Waals surface area contributed by atoms with E-state index >= 15 is 0 Å². The summed E-state index contributed by atoms with van der Waals surface area (Å²) in [5, 5.41) is 3.97. The molecule has 0 unspecified atom stereocenters. The average Bonchev–Trinajstić information content (AvgIpc) is 2.95. The van der Waals surface area contributed by atoms with Gasteiger partial charge >= 0.3 is 0 Å². The van der Waals surface area contributed by atoms with Gasteiger partial charge in [0.25, 0.3) is 0 Å². The molecule has 0 fully saturated rings. The van der Waals surface area contributed by atoms with Crippen molar-refractivity contribution in [1.82, 2.24) is 15.3 Å². The van der Waals surface area contributed by atoms with E-state index in [1.165, 1.54) is 0 Å². The van der Waals surface area contributed by atoms with Gasteiger partial charge in [-0.3, -0.25) is 9.78 Å². The monoisotopic (exact) mass is 295 g/mol. The number of fused-ring (bicyclic) bond motifs is 1. The fraction of sp³-hybridized carbons (Fsp3) is 0.176. The Labute approximate surface area is 128 Å². The summed E-state index contributed by atoms with van der Waals surface area (Å²) in [6.07, 6.45) is 3.73. The van der Waals surface area contributed by atoms with Gasteiger partial charge in [0, 0.05) is 29.0 Å². The topological polar surface area (TPSA) is 67.0 Å². The molecule has 0 atom stereocenters. The number of H-pyrrole nitrogens is 1. The van der Waals surface area contributed by atoms with E-state index in [-0.39, 0.29) is 5.91 Å². The minimum absolute atomic E-state index is 0.0239. The zero-order chi connectivity index (χ0) is 15.4. The van der Waals surface area contributed by atoms with Gasteiger partial charge in [0.15, 0.2) is 0 Å². The summed E-state index contributed by atoms with van der Waals surface area (Å²) < 4.78 is 5.21. The lowest BCUT2D eigenvalue weighted by Gasteiger charge is -2.03. The summed E-state index contributed by atoms with van der Waals surface area (Å²) in [4.78, 5) is 19.2. The van der Waals surface area contributed by atoms with Gasteiger partial charge in [0.05, 0.1) is 20.1 Å². The molecular formula is C17H17N3O2. The van der Waals surface area contributed by atoms with Crippen LogP contribution in [0, 0.1) is 0 Å². The summed E-state index contributed by atoms with van der Waals surface area (Å²) in [5.74, 6) is 0.794. The lowest BCUT2D eigenvalue weighted by atomic mass is 10.2. The van der Waals surface area contributed by atoms with E-state index in [2.05, 4.69) is 15.3 Å². The predicted molar refractivity (Wildman–Crippen MR) is 84.6 cm³/mol. The first-order chi connectivity index (χ1) is 10.7. The van der Waals surface area contributed by atoms with Crippen LogP contribution in [0.4, 0.5) is 0 Å². The number of carbonyl (C=O) groups is 1. The first kappa shape index (κ1) is 14.1. The van der Waals surface area contributed by atoms with Crippen LogP contribution in [0.15, 0.2) is 48.8 Å². The Morgan fingerprint density at radius 3 is 3.00 bits per heavy atom. The van der Waals surface area contributed by atoms with Gasteiger partial charge in [-0.25, -0.2) is 0 Å². The smallest absolute Gasteiger partial charge is 0.224 e. The summed E-state index contributed by atoms with van der Waals surface area (Å²) in [7, 11) is 1.65. The van der Waals surface area contributed by atoms with E-state index in [0.29, 0.717) is 13.0 Å². The quantitative estimate of drug-likeness (QED) is 0.759. The number of amides is 1. The molecule has 2 heterocycles. The normalized spacial score (nSPS) is 10.6. The Morgan fingerprint density at radius 1 is 1.32 bits per heavy atom. The third-order valence-corrected chi connectivity index (χ3v) is 3.45. The summed E-state index contributed by atoms with van der Waals surface area (Å²) in [6.45, 7) is 0.468. The molecule has 3 aromatic rings. The van der Waals surface area contributed by atoms with E-state index in [4.69, 9.17) is 4.74 Å². The lowest BCUT2D eigenvalue weighted by molar-refractivity contribution is -0.120. The first-order valence-electron chi connectivity index (χ1n) is 7.06. The molecule has 0 radical (unpaired) electrons. The summed E-state index contributed by atoms with van der Waals surface area (Å²) >= 11 is 0. The van der Waals surface area contributed by atoms with Gasteiger partial charge in [-0.05, 0) is 35.9 Å². The van der Waals surface area contributed by atoms with Crippen LogP contribution in [0.25, 0.3) is 10.9 Å². The number of benzene rings is 1. The SMILES string of the molecule is COc1ccc2[nH]c(CNC(=O)Cc3cccnc3)cc2c1. The highest BCUT2D eigenvalue weighted by Crippen LogP contribution is 2.21. The van der Waals surface area contributed by atoms with Crippen LogP contribution in [-0.2, 0) is 17.8 Å². The molecule has 5 heteroatoms. The maximum absolute atomic E-state index is 11.9. The van der Waals surface area contributed by atoms with Gasteiger partial charge in [0.2, 0.25) is 5.91 Å². The Morgan fingerprint density at radius 2 is 2.23 bits per heavy atom. The Bertz CT molecular complexity index is 781. The van der Waals surface area contributed by atoms with Crippen LogP contribution >= 0.6 is 0 Å². The van der Waals surface area contributed by atoms with E-state index in [9.17, 15) is 4.79 Å². The largest absolute Gasteiger partial charge is 0.497 e. The highest BCUT2D eigenvalue weighted by atomic mass is 16.5. The number of hydrogen-bond donors (Lipinski definition) is 2. The van der Waals surface area contributed by atoms with E-state index in [1.54, 1.807) is 19.5 Å². The second-order valence-electron chi connectivity index (χ2n) is 5.06. The van der Waals surface area contributed by atoms with Crippen LogP contribution in [0.3, 0.4) is 0 Å². The van der Waals surface area contributed by atoms with Crippen molar-refractivity contribution in [3.05, 3.63) is 60.0 Å². The number of pyridine rings is 1. The second kappa shape index (κ2) is 6.30. The molecule has 0 spiro atoms. The van der Waals surface area contributed by atoms with Crippen LogP contribution in [0.1, 0.15) is 11.3 Å². The fourth-order valence-corrected chi connectivity index (χ4v) is 2.34. The van der Waals surface area contributed by atoms with Gasteiger partial charge in [0.1, 0.15) is 5.75 Å². The number of nitrogens with one attached hydrogen (secondary N) is 2. The van der Waals surface area contributed by atoms with Gasteiger partial charge in [-0.1, -0.05) is 6.07 Å². The molecule has 0 aliphatic heterocycles. The maximum atomic E-state index is 11.9. The highest BCUT2D eigenvalue weighted by molar-refractivity contribution is 5.82. The molecule has 22 heavy (non-hydrogen) atoms. The van der Waals surface area contributed by atoms with E-state index in [1.807, 2.05) is 36.4 Å². The molecule has 2 aromatic heterocycles. The molecular weight excluding hydrogens is 278 g/mol. The van der Waals surface area contributed by atoms with Crippen molar-refractivity contribution < 1.29 is 9.53 Å². The van der Waals surface area contributed by atoms with Crippen LogP contribution in [-0.4, -0.2) is 23.0 Å². The molecule has 0 aliphatic carbocycles. The van der Waals surface area contributed by atoms with Crippen LogP contribution < -0.4 is 10.1 Å². The van der Waals surface area contributed by atoms with Crippen molar-refractivity contribution in [2.24, 2.45) is 0 Å². The molecule has 2 N–H and O–H groups in total. The van der Waals surface area contributed by atoms with Gasteiger partial charge < -0.3 is 15.0 Å². The molecule has 112 valence electrons. The number of hydrogen-bond acceptors (Lipinski definition) is 3. The molecule has 0 saturated heterocycles. The minimum atomic E-state index is -0.0239. The van der Waals surface area contributed by atoms with Gasteiger partial charge in [-0.2, -0.15) is 0 Å². The zero-order valence-electron chi connectivity index (χ0n) is 12.3. The third-order valence-electron chi connectivity index (χ3n) is 3.45. The van der Waals surface area contributed by atoms with Crippen molar-refractivity contribution >= 4 is 16.8 Å². The van der Waals surface area contributed by atoms with Gasteiger partial charge in [-0.15, -0.1) is 0 Å². The van der Waals surface area contributed by atoms with Crippen LogP contribution in [0.5, 0.6) is 5.75 Å². The molecule has 5 nitrogen and oxygen atoms in total. The highest BCUT2D eigenvalue weighted by Gasteiger charge is 2.06. The zero-order valence-corrected chi connectivity index (χ0v) is 12.3. The van der Waals surface area contributed by atoms with Crippen LogP contribution in [0.2, 0.25) is 0 Å². The number of carbonyl (C=O) groups excluding carboxylic acids is 1. The number of aromatic amines is 1. The summed E-state index contributed by atoms with van der Waals surface area (Å²) in [5.41, 5.74) is 2.89. The Hall–Kier alpha value is -2.82. The molecule has 0 aliphatic rings. The van der Waals surface area contributed by atoms with Crippen molar-refractivity contribution in [2.45, 2.75) is 13.0 Å². The summed E-state index contributed by atoms with van der Waals surface area (Å²) in [6, 6.07) is 11.6. The Kier molecular flexibility index (Phi) is 4.05. The number of nitrogens with zero attached hydrogens (tertiary/aromatic N) is 1. The number of ether oxygens (including phenoxy) is 1. The maximum Gasteiger partial charge on any atom is 0.224 e. The molecule has 0 saturated carbocycles. The molecule has 1 aromatic carbocycles. The molecule has 0 bridgehead atoms. The third kappa shape index (κ3) is 3.25. The van der Waals surface area contributed by atoms with Crippen molar-refractivity contribution in [1.29, 1.82) is 0 Å². The van der Waals surface area contributed by atoms with E-state index < -0.39 is 0 Å². The standard InChI is InChI=1S/C17H17N3O2/c1-22-15-4-5-16-13(9-15)8-14(20-16)11-19-17(21)7-12-3-2-6-18-10-12/h2-6,8-10,20H,7,11H2,1H3,(H,19,21). The van der Waals surface area contributed by atoms with Crippen molar-refractivity contribution in [3.63, 3.8) is 0 Å². The van der Waals surface area contributed by atoms with Crippen molar-refractivity contribution in [3.8, 4) is 5.75 Å². The second-order valence-corrected chi connectivity index (χ2v) is 5.06. The first-order valence-corrected chi connectivity index (χ1v) is 7.06.